The van der Waals surface area contributed by atoms with Crippen molar-refractivity contribution in [2.45, 2.75) is 32.8 Å². The molecule has 0 saturated carbocycles. The zero-order chi connectivity index (χ0) is 19.1. The molecule has 0 saturated heterocycles. The lowest BCUT2D eigenvalue weighted by Crippen LogP contribution is -2.13. The number of hydrogen-bond donors (Lipinski definition) is 1. The largest absolute Gasteiger partial charge is 0.384 e. The van der Waals surface area contributed by atoms with Crippen molar-refractivity contribution in [1.29, 1.82) is 0 Å². The van der Waals surface area contributed by atoms with Crippen molar-refractivity contribution >= 4 is 17.4 Å². The number of ether oxygens (including phenoxy) is 1. The van der Waals surface area contributed by atoms with Crippen LogP contribution < -0.4 is 5.73 Å². The second kappa shape index (κ2) is 6.94. The molecule has 3 aromatic rings. The third-order valence-electron chi connectivity index (χ3n) is 4.72. The first-order valence-corrected chi connectivity index (χ1v) is 9.22. The van der Waals surface area contributed by atoms with Crippen LogP contribution in [0, 0.1) is 12.7 Å². The highest BCUT2D eigenvalue weighted by Gasteiger charge is 2.25. The molecule has 0 radical (unpaired) electrons. The molecular formula is C20H20ClFN4O. The number of nitrogens with zero attached hydrogens (tertiary/aromatic N) is 3. The molecule has 27 heavy (non-hydrogen) atoms. The number of nitrogens with two attached hydrogens (primary N) is 1. The Bertz CT molecular complexity index is 997. The van der Waals surface area contributed by atoms with Gasteiger partial charge in [-0.15, -0.1) is 0 Å². The van der Waals surface area contributed by atoms with Crippen molar-refractivity contribution in [3.8, 4) is 16.9 Å². The fourth-order valence-corrected chi connectivity index (χ4v) is 3.72. The van der Waals surface area contributed by atoms with Crippen LogP contribution in [0.25, 0.3) is 16.9 Å². The minimum absolute atomic E-state index is 0.0646. The summed E-state index contributed by atoms with van der Waals surface area (Å²) in [6, 6.07) is 8.43. The van der Waals surface area contributed by atoms with Crippen molar-refractivity contribution < 1.29 is 9.13 Å². The summed E-state index contributed by atoms with van der Waals surface area (Å²) < 4.78 is 21.3. The van der Waals surface area contributed by atoms with Gasteiger partial charge in [0.25, 0.3) is 0 Å². The molecular weight excluding hydrogens is 367 g/mol. The summed E-state index contributed by atoms with van der Waals surface area (Å²) in [5, 5.41) is 4.93. The minimum atomic E-state index is -0.451. The number of hydrogen-bond acceptors (Lipinski definition) is 4. The van der Waals surface area contributed by atoms with E-state index in [1.54, 1.807) is 12.1 Å². The van der Waals surface area contributed by atoms with Crippen LogP contribution in [-0.4, -0.2) is 27.5 Å². The second-order valence-electron chi connectivity index (χ2n) is 6.84. The minimum Gasteiger partial charge on any atom is -0.384 e. The highest BCUT2D eigenvalue weighted by molar-refractivity contribution is 6.30. The van der Waals surface area contributed by atoms with E-state index in [0.29, 0.717) is 18.8 Å². The maximum Gasteiger partial charge on any atom is 0.141 e. The third-order valence-corrected chi connectivity index (χ3v) is 5.01. The number of nitrogen functional groups attached to an aromatic ring is 1. The first kappa shape index (κ1) is 17.9. The third kappa shape index (κ3) is 3.42. The summed E-state index contributed by atoms with van der Waals surface area (Å²) in [5.74, 6) is 0.00415. The van der Waals surface area contributed by atoms with Crippen molar-refractivity contribution in [2.75, 3.05) is 12.3 Å². The fourth-order valence-electron chi connectivity index (χ4n) is 3.54. The van der Waals surface area contributed by atoms with Gasteiger partial charge in [0.2, 0.25) is 0 Å². The van der Waals surface area contributed by atoms with Crippen LogP contribution >= 0.6 is 11.6 Å². The molecule has 0 fully saturated rings. The Kier molecular flexibility index (Phi) is 4.61. The Balaban J connectivity index is 1.94. The van der Waals surface area contributed by atoms with Gasteiger partial charge in [0.05, 0.1) is 34.8 Å². The number of aryl methyl sites for hydroxylation is 1. The quantitative estimate of drug-likeness (QED) is 0.719. The Morgan fingerprint density at radius 1 is 1.30 bits per heavy atom. The fraction of sp³-hybridized carbons (Fsp3) is 0.300. The van der Waals surface area contributed by atoms with Gasteiger partial charge in [-0.2, -0.15) is 5.10 Å². The Morgan fingerprint density at radius 2 is 2.11 bits per heavy atom. The molecule has 1 aliphatic rings. The van der Waals surface area contributed by atoms with E-state index in [4.69, 9.17) is 27.2 Å². The average Bonchev–Trinajstić information content (AvgIpc) is 2.83. The number of anilines is 1. The van der Waals surface area contributed by atoms with Gasteiger partial charge >= 0.3 is 0 Å². The lowest BCUT2D eigenvalue weighted by molar-refractivity contribution is 0.0735. The van der Waals surface area contributed by atoms with Crippen molar-refractivity contribution in [3.05, 3.63) is 58.1 Å². The normalized spacial score (nSPS) is 16.8. The summed E-state index contributed by atoms with van der Waals surface area (Å²) in [6.45, 7) is 4.56. The monoisotopic (exact) mass is 386 g/mol. The van der Waals surface area contributed by atoms with E-state index in [2.05, 4.69) is 4.98 Å². The molecule has 1 aromatic carbocycles. The topological polar surface area (TPSA) is 66.0 Å². The van der Waals surface area contributed by atoms with E-state index in [9.17, 15) is 4.39 Å². The van der Waals surface area contributed by atoms with Gasteiger partial charge < -0.3 is 10.5 Å². The highest BCUT2D eigenvalue weighted by atomic mass is 35.5. The molecule has 2 N–H and O–H groups in total. The van der Waals surface area contributed by atoms with E-state index < -0.39 is 5.82 Å². The zero-order valence-electron chi connectivity index (χ0n) is 15.2. The lowest BCUT2D eigenvalue weighted by atomic mass is 10.0. The first-order chi connectivity index (χ1) is 12.9. The number of pyridine rings is 1. The maximum absolute atomic E-state index is 13.6. The molecule has 4 rings (SSSR count). The predicted molar refractivity (Wildman–Crippen MR) is 104 cm³/mol. The van der Waals surface area contributed by atoms with Gasteiger partial charge in [0, 0.05) is 23.2 Å². The first-order valence-electron chi connectivity index (χ1n) is 8.84. The van der Waals surface area contributed by atoms with E-state index in [1.807, 2.05) is 30.7 Å². The van der Waals surface area contributed by atoms with Gasteiger partial charge in [-0.25, -0.2) is 14.1 Å². The van der Waals surface area contributed by atoms with Gasteiger partial charge in [-0.1, -0.05) is 11.6 Å². The highest BCUT2D eigenvalue weighted by Crippen LogP contribution is 2.32. The van der Waals surface area contributed by atoms with E-state index in [-0.39, 0.29) is 11.1 Å². The Hall–Kier alpha value is -2.44. The summed E-state index contributed by atoms with van der Waals surface area (Å²) >= 11 is 6.01. The molecule has 0 bridgehead atoms. The van der Waals surface area contributed by atoms with Crippen LogP contribution in [0.4, 0.5) is 10.2 Å². The van der Waals surface area contributed by atoms with Crippen LogP contribution in [0.2, 0.25) is 5.02 Å². The summed E-state index contributed by atoms with van der Waals surface area (Å²) in [7, 11) is 0. The van der Waals surface area contributed by atoms with Gasteiger partial charge in [0.15, 0.2) is 0 Å². The Morgan fingerprint density at radius 3 is 2.85 bits per heavy atom. The number of fused-ring (bicyclic) bond motifs is 1. The number of halogens is 2. The van der Waals surface area contributed by atoms with Gasteiger partial charge in [0.1, 0.15) is 11.6 Å². The predicted octanol–water partition coefficient (Wildman–Crippen LogP) is 4.12. The number of aromatic nitrogens is 3. The molecule has 0 aliphatic carbocycles. The van der Waals surface area contributed by atoms with Crippen molar-refractivity contribution in [3.63, 3.8) is 0 Å². The van der Waals surface area contributed by atoms with E-state index in [0.717, 1.165) is 40.3 Å². The smallest absolute Gasteiger partial charge is 0.141 e. The van der Waals surface area contributed by atoms with Crippen LogP contribution in [0.1, 0.15) is 23.9 Å². The van der Waals surface area contributed by atoms with Crippen LogP contribution in [0.3, 0.4) is 0 Å². The SMILES string of the molecule is Cc1cc(-c2nn(-c3ccc(F)c(Cl)c3)c3c2CCO[C@H](C)C3)cc(N)n1. The summed E-state index contributed by atoms with van der Waals surface area (Å²) in [6.07, 6.45) is 1.51. The van der Waals surface area contributed by atoms with Crippen molar-refractivity contribution in [1.82, 2.24) is 14.8 Å². The van der Waals surface area contributed by atoms with Crippen molar-refractivity contribution in [2.24, 2.45) is 0 Å². The zero-order valence-corrected chi connectivity index (χ0v) is 15.9. The number of rotatable bonds is 2. The molecule has 1 atom stereocenters. The van der Waals surface area contributed by atoms with E-state index in [1.165, 1.54) is 6.07 Å². The molecule has 0 unspecified atom stereocenters. The standard InChI is InChI=1S/C20H20ClFN4O/c1-11-7-13(9-19(23)24-11)20-15-5-6-27-12(2)8-18(15)26(25-20)14-3-4-17(22)16(21)10-14/h3-4,7,9-10,12H,5-6,8H2,1-2H3,(H2,23,24)/t12-/m1/s1. The molecule has 1 aliphatic heterocycles. The second-order valence-corrected chi connectivity index (χ2v) is 7.25. The Labute approximate surface area is 161 Å². The average molecular weight is 387 g/mol. The molecule has 3 heterocycles. The van der Waals surface area contributed by atoms with Crippen LogP contribution in [-0.2, 0) is 17.6 Å². The maximum atomic E-state index is 13.6. The molecule has 2 aromatic heterocycles. The van der Waals surface area contributed by atoms with Crippen LogP contribution in [0.5, 0.6) is 0 Å². The van der Waals surface area contributed by atoms with Crippen LogP contribution in [0.15, 0.2) is 30.3 Å². The van der Waals surface area contributed by atoms with E-state index >= 15 is 0 Å². The molecule has 0 spiro atoms. The molecule has 5 nitrogen and oxygen atoms in total. The van der Waals surface area contributed by atoms with Gasteiger partial charge in [-0.05, 0) is 50.6 Å². The lowest BCUT2D eigenvalue weighted by Gasteiger charge is -2.11. The summed E-state index contributed by atoms with van der Waals surface area (Å²) in [5.41, 5.74) is 11.4. The molecule has 140 valence electrons. The van der Waals surface area contributed by atoms with Gasteiger partial charge in [-0.3, -0.25) is 0 Å². The molecule has 7 heteroatoms. The number of benzene rings is 1. The molecule has 0 amide bonds. The summed E-state index contributed by atoms with van der Waals surface area (Å²) in [4.78, 5) is 4.25.